The van der Waals surface area contributed by atoms with Crippen LogP contribution in [0.4, 0.5) is 0 Å². The van der Waals surface area contributed by atoms with Gasteiger partial charge in [0.15, 0.2) is 0 Å². The van der Waals surface area contributed by atoms with Gasteiger partial charge in [-0.1, -0.05) is 59.6 Å². The van der Waals surface area contributed by atoms with Crippen LogP contribution in [-0.4, -0.2) is 4.37 Å². The number of H-pyrrole nitrogens is 1. The van der Waals surface area contributed by atoms with Crippen LogP contribution in [-0.2, 0) is 6.42 Å². The van der Waals surface area contributed by atoms with Crippen LogP contribution in [0.5, 0.6) is 5.75 Å². The Morgan fingerprint density at radius 2 is 1.72 bits per heavy atom. The molecule has 1 heterocycles. The Bertz CT molecular complexity index is 1200. The van der Waals surface area contributed by atoms with Crippen molar-refractivity contribution in [1.29, 1.82) is 0 Å². The van der Waals surface area contributed by atoms with Crippen LogP contribution in [0.1, 0.15) is 29.2 Å². The third-order valence-electron chi connectivity index (χ3n) is 5.52. The zero-order valence-corrected chi connectivity index (χ0v) is 17.0. The van der Waals surface area contributed by atoms with Crippen molar-refractivity contribution in [3.63, 3.8) is 0 Å². The average molecular weight is 400 g/mol. The van der Waals surface area contributed by atoms with Crippen molar-refractivity contribution in [2.24, 2.45) is 0 Å². The highest BCUT2D eigenvalue weighted by Gasteiger charge is 2.26. The topological polar surface area (TPSA) is 42.1 Å². The molecule has 1 atom stereocenters. The highest BCUT2D eigenvalue weighted by molar-refractivity contribution is 7.09. The first-order valence-corrected chi connectivity index (χ1v) is 10.6. The number of hydrogen-bond acceptors (Lipinski definition) is 3. The van der Waals surface area contributed by atoms with Crippen molar-refractivity contribution in [3.8, 4) is 27.3 Å². The number of ether oxygens (including phenoxy) is 1. The maximum atomic E-state index is 11.4. The first-order valence-electron chi connectivity index (χ1n) is 9.82. The predicted octanol–water partition coefficient (Wildman–Crippen LogP) is 6.15. The van der Waals surface area contributed by atoms with Gasteiger partial charge >= 0.3 is 0 Å². The summed E-state index contributed by atoms with van der Waals surface area (Å²) in [6.45, 7) is 2.12. The summed E-state index contributed by atoms with van der Waals surface area (Å²) in [5.41, 5.74) is 7.50. The Morgan fingerprint density at radius 1 is 0.966 bits per heavy atom. The molecule has 3 nitrogen and oxygen atoms in total. The van der Waals surface area contributed by atoms with E-state index in [1.807, 2.05) is 24.3 Å². The molecule has 0 amide bonds. The SMILES string of the molecule is Cc1ccc(-c2cccc3c2CC[C@H]3Oc2ccc(-c3cc(=O)[nH]s3)cc2)cc1. The number of rotatable bonds is 4. The molecule has 4 heteroatoms. The Hall–Kier alpha value is -3.11. The molecule has 0 aliphatic heterocycles. The van der Waals surface area contributed by atoms with Crippen LogP contribution < -0.4 is 10.3 Å². The molecule has 0 bridgehead atoms. The minimum Gasteiger partial charge on any atom is -0.486 e. The lowest BCUT2D eigenvalue weighted by Gasteiger charge is -2.16. The maximum Gasteiger partial charge on any atom is 0.258 e. The van der Waals surface area contributed by atoms with E-state index < -0.39 is 0 Å². The van der Waals surface area contributed by atoms with E-state index >= 15 is 0 Å². The lowest BCUT2D eigenvalue weighted by molar-refractivity contribution is 0.207. The van der Waals surface area contributed by atoms with Crippen molar-refractivity contribution in [2.45, 2.75) is 25.9 Å². The van der Waals surface area contributed by atoms with Gasteiger partial charge in [0.25, 0.3) is 5.56 Å². The first kappa shape index (κ1) is 18.0. The van der Waals surface area contributed by atoms with Crippen LogP contribution in [0.25, 0.3) is 21.6 Å². The van der Waals surface area contributed by atoms with Crippen molar-refractivity contribution in [3.05, 3.63) is 99.8 Å². The summed E-state index contributed by atoms with van der Waals surface area (Å²) < 4.78 is 9.07. The van der Waals surface area contributed by atoms with Crippen LogP contribution in [0.3, 0.4) is 0 Å². The van der Waals surface area contributed by atoms with E-state index in [2.05, 4.69) is 53.8 Å². The number of aromatic nitrogens is 1. The molecule has 1 N–H and O–H groups in total. The van der Waals surface area contributed by atoms with Gasteiger partial charge in [-0.3, -0.25) is 9.17 Å². The molecule has 5 rings (SSSR count). The number of hydrogen-bond donors (Lipinski definition) is 1. The van der Waals surface area contributed by atoms with Crippen LogP contribution in [0, 0.1) is 6.92 Å². The fourth-order valence-electron chi connectivity index (χ4n) is 4.03. The van der Waals surface area contributed by atoms with E-state index in [-0.39, 0.29) is 11.7 Å². The van der Waals surface area contributed by atoms with E-state index in [0.29, 0.717) is 0 Å². The molecular weight excluding hydrogens is 378 g/mol. The van der Waals surface area contributed by atoms with Crippen LogP contribution in [0.15, 0.2) is 77.6 Å². The third-order valence-corrected chi connectivity index (χ3v) is 6.40. The predicted molar refractivity (Wildman–Crippen MR) is 119 cm³/mol. The largest absolute Gasteiger partial charge is 0.486 e. The summed E-state index contributed by atoms with van der Waals surface area (Å²) in [6, 6.07) is 24.9. The van der Waals surface area contributed by atoms with Gasteiger partial charge in [-0.2, -0.15) is 0 Å². The minimum atomic E-state index is -0.0581. The summed E-state index contributed by atoms with van der Waals surface area (Å²) in [4.78, 5) is 12.3. The van der Waals surface area contributed by atoms with Crippen molar-refractivity contribution >= 4 is 11.5 Å². The van der Waals surface area contributed by atoms with Crippen LogP contribution >= 0.6 is 11.5 Å². The zero-order valence-electron chi connectivity index (χ0n) is 16.1. The van der Waals surface area contributed by atoms with E-state index in [1.165, 1.54) is 39.3 Å². The molecule has 3 aromatic carbocycles. The summed E-state index contributed by atoms with van der Waals surface area (Å²) in [5.74, 6) is 0.857. The Labute approximate surface area is 173 Å². The normalized spacial score (nSPS) is 15.3. The molecule has 4 aromatic rings. The first-order chi connectivity index (χ1) is 14.2. The molecule has 0 saturated carbocycles. The molecular formula is C25H21NO2S. The maximum absolute atomic E-state index is 11.4. The van der Waals surface area contributed by atoms with Crippen molar-refractivity contribution < 1.29 is 4.74 Å². The quantitative estimate of drug-likeness (QED) is 0.447. The monoisotopic (exact) mass is 399 g/mol. The zero-order chi connectivity index (χ0) is 19.8. The van der Waals surface area contributed by atoms with E-state index in [9.17, 15) is 4.79 Å². The molecule has 0 spiro atoms. The summed E-state index contributed by atoms with van der Waals surface area (Å²) >= 11 is 1.35. The second-order valence-electron chi connectivity index (χ2n) is 7.49. The van der Waals surface area contributed by atoms with Gasteiger partial charge in [0.2, 0.25) is 0 Å². The van der Waals surface area contributed by atoms with Crippen molar-refractivity contribution in [1.82, 2.24) is 4.37 Å². The van der Waals surface area contributed by atoms with Gasteiger partial charge in [0.05, 0.1) is 4.88 Å². The van der Waals surface area contributed by atoms with Gasteiger partial charge < -0.3 is 4.74 Å². The highest BCUT2D eigenvalue weighted by atomic mass is 32.1. The fourth-order valence-corrected chi connectivity index (χ4v) is 4.72. The lowest BCUT2D eigenvalue weighted by Crippen LogP contribution is -2.03. The minimum absolute atomic E-state index is 0.0581. The summed E-state index contributed by atoms with van der Waals surface area (Å²) in [6.07, 6.45) is 2.09. The van der Waals surface area contributed by atoms with Gasteiger partial charge in [0.1, 0.15) is 11.9 Å². The van der Waals surface area contributed by atoms with Gasteiger partial charge in [-0.15, -0.1) is 0 Å². The summed E-state index contributed by atoms with van der Waals surface area (Å²) in [7, 11) is 0. The Balaban J connectivity index is 1.39. The second-order valence-corrected chi connectivity index (χ2v) is 8.33. The van der Waals surface area contributed by atoms with E-state index in [1.54, 1.807) is 6.07 Å². The number of fused-ring (bicyclic) bond motifs is 1. The highest BCUT2D eigenvalue weighted by Crippen LogP contribution is 2.40. The standard InChI is InChI=1S/C25H21NO2S/c1-16-5-7-17(8-6-16)20-3-2-4-22-21(20)13-14-23(22)28-19-11-9-18(10-12-19)24-15-25(27)26-29-24/h2-12,15,23H,13-14H2,1H3,(H,26,27)/t23-/m1/s1. The van der Waals surface area contributed by atoms with Gasteiger partial charge in [0, 0.05) is 6.07 Å². The number of aryl methyl sites for hydroxylation is 1. The number of nitrogens with one attached hydrogen (secondary N) is 1. The lowest BCUT2D eigenvalue weighted by atomic mass is 9.96. The molecule has 0 fully saturated rings. The third kappa shape index (κ3) is 3.52. The Morgan fingerprint density at radius 3 is 2.45 bits per heavy atom. The number of aromatic amines is 1. The van der Waals surface area contributed by atoms with E-state index in [0.717, 1.165) is 29.0 Å². The van der Waals surface area contributed by atoms with E-state index in [4.69, 9.17) is 4.74 Å². The average Bonchev–Trinajstić information content (AvgIpc) is 3.36. The molecule has 144 valence electrons. The molecule has 29 heavy (non-hydrogen) atoms. The number of benzene rings is 3. The molecule has 0 unspecified atom stereocenters. The molecule has 1 aromatic heterocycles. The Kier molecular flexibility index (Phi) is 4.57. The van der Waals surface area contributed by atoms with Gasteiger partial charge in [-0.25, -0.2) is 0 Å². The smallest absolute Gasteiger partial charge is 0.258 e. The molecule has 0 saturated heterocycles. The van der Waals surface area contributed by atoms with Gasteiger partial charge in [-0.05, 0) is 71.8 Å². The second kappa shape index (κ2) is 7.37. The fraction of sp³-hybridized carbons (Fsp3) is 0.160. The van der Waals surface area contributed by atoms with Crippen LogP contribution in [0.2, 0.25) is 0 Å². The molecule has 1 aliphatic carbocycles. The van der Waals surface area contributed by atoms with Crippen molar-refractivity contribution in [2.75, 3.05) is 0 Å². The molecule has 1 aliphatic rings. The molecule has 0 radical (unpaired) electrons. The summed E-state index contributed by atoms with van der Waals surface area (Å²) in [5, 5.41) is 0.